The van der Waals surface area contributed by atoms with Gasteiger partial charge in [0, 0.05) is 18.2 Å². The lowest BCUT2D eigenvalue weighted by atomic mass is 10.1. The molecule has 1 heterocycles. The summed E-state index contributed by atoms with van der Waals surface area (Å²) in [6, 6.07) is 5.40. The van der Waals surface area contributed by atoms with Crippen LogP contribution in [0.3, 0.4) is 0 Å². The SMILES string of the molecule is O=C(/C=C/c1cccc(F)c1)OCC(=O)N(C1CCCC1)[C@@H]1CCS(=O)(=O)C1. The fraction of sp³-hybridized carbons (Fsp3) is 0.500. The smallest absolute Gasteiger partial charge is 0.331 e. The molecule has 0 aromatic heterocycles. The van der Waals surface area contributed by atoms with E-state index in [9.17, 15) is 22.4 Å². The minimum absolute atomic E-state index is 0.00679. The van der Waals surface area contributed by atoms with E-state index in [2.05, 4.69) is 0 Å². The molecule has 1 aromatic rings. The van der Waals surface area contributed by atoms with Gasteiger partial charge in [0.1, 0.15) is 5.82 Å². The van der Waals surface area contributed by atoms with Crippen molar-refractivity contribution in [1.82, 2.24) is 4.90 Å². The maximum absolute atomic E-state index is 13.1. The maximum atomic E-state index is 13.1. The van der Waals surface area contributed by atoms with Crippen LogP contribution < -0.4 is 0 Å². The van der Waals surface area contributed by atoms with E-state index in [1.54, 1.807) is 11.0 Å². The Labute approximate surface area is 164 Å². The number of nitrogens with zero attached hydrogens (tertiary/aromatic N) is 1. The highest BCUT2D eigenvalue weighted by Crippen LogP contribution is 2.29. The number of halogens is 1. The standard InChI is InChI=1S/C20H24FNO5S/c21-16-5-3-4-15(12-16)8-9-20(24)27-13-19(23)22(17-6-1-2-7-17)18-10-11-28(25,26)14-18/h3-5,8-9,12,17-18H,1-2,6-7,10-11,13-14H2/b9-8+/t18-/m1/s1. The van der Waals surface area contributed by atoms with E-state index in [0.717, 1.165) is 31.8 Å². The average Bonchev–Trinajstić information content (AvgIpc) is 3.28. The highest BCUT2D eigenvalue weighted by Gasteiger charge is 2.39. The number of rotatable bonds is 6. The van der Waals surface area contributed by atoms with Crippen molar-refractivity contribution in [2.24, 2.45) is 0 Å². The Morgan fingerprint density at radius 2 is 1.93 bits per heavy atom. The van der Waals surface area contributed by atoms with Crippen molar-refractivity contribution < 1.29 is 27.1 Å². The Balaban J connectivity index is 1.59. The summed E-state index contributed by atoms with van der Waals surface area (Å²) in [5.74, 6) is -1.42. The van der Waals surface area contributed by atoms with Gasteiger partial charge in [-0.15, -0.1) is 0 Å². The molecule has 0 bridgehead atoms. The fourth-order valence-corrected chi connectivity index (χ4v) is 5.62. The number of sulfone groups is 1. The molecular formula is C20H24FNO5S. The second-order valence-electron chi connectivity index (χ2n) is 7.29. The van der Waals surface area contributed by atoms with E-state index in [4.69, 9.17) is 4.74 Å². The lowest BCUT2D eigenvalue weighted by Crippen LogP contribution is -2.48. The number of carbonyl (C=O) groups excluding carboxylic acids is 2. The van der Waals surface area contributed by atoms with Crippen LogP contribution in [-0.2, 0) is 24.2 Å². The molecule has 0 unspecified atom stereocenters. The summed E-state index contributed by atoms with van der Waals surface area (Å²) < 4.78 is 41.9. The second-order valence-corrected chi connectivity index (χ2v) is 9.52. The van der Waals surface area contributed by atoms with Crippen LogP contribution in [0, 0.1) is 5.82 Å². The largest absolute Gasteiger partial charge is 0.452 e. The summed E-state index contributed by atoms with van der Waals surface area (Å²) >= 11 is 0. The van der Waals surface area contributed by atoms with Crippen LogP contribution in [-0.4, -0.2) is 55.4 Å². The topological polar surface area (TPSA) is 80.8 Å². The molecule has 1 saturated heterocycles. The van der Waals surface area contributed by atoms with E-state index in [1.165, 1.54) is 24.3 Å². The summed E-state index contributed by atoms with van der Waals surface area (Å²) in [4.78, 5) is 26.3. The van der Waals surface area contributed by atoms with Gasteiger partial charge in [-0.05, 0) is 43.0 Å². The molecule has 1 aromatic carbocycles. The number of benzene rings is 1. The van der Waals surface area contributed by atoms with Gasteiger partial charge >= 0.3 is 5.97 Å². The third kappa shape index (κ3) is 5.41. The average molecular weight is 409 g/mol. The first kappa shape index (κ1) is 20.5. The van der Waals surface area contributed by atoms with E-state index in [1.807, 2.05) is 0 Å². The number of esters is 1. The molecule has 3 rings (SSSR count). The zero-order chi connectivity index (χ0) is 20.1. The third-order valence-electron chi connectivity index (χ3n) is 5.21. The molecule has 1 aliphatic heterocycles. The summed E-state index contributed by atoms with van der Waals surface area (Å²) in [7, 11) is -3.12. The molecule has 0 N–H and O–H groups in total. The summed E-state index contributed by atoms with van der Waals surface area (Å²) in [5, 5.41) is 0. The minimum Gasteiger partial charge on any atom is -0.452 e. The molecule has 8 heteroatoms. The zero-order valence-corrected chi connectivity index (χ0v) is 16.4. The van der Waals surface area contributed by atoms with Gasteiger partial charge in [-0.3, -0.25) is 4.79 Å². The molecule has 2 fully saturated rings. The number of amides is 1. The summed E-state index contributed by atoms with van der Waals surface area (Å²) in [5.41, 5.74) is 0.507. The van der Waals surface area contributed by atoms with Crippen LogP contribution in [0.2, 0.25) is 0 Å². The molecule has 6 nitrogen and oxygen atoms in total. The zero-order valence-electron chi connectivity index (χ0n) is 15.6. The van der Waals surface area contributed by atoms with Crippen LogP contribution in [0.25, 0.3) is 6.08 Å². The molecule has 1 saturated carbocycles. The maximum Gasteiger partial charge on any atom is 0.331 e. The van der Waals surface area contributed by atoms with Crippen molar-refractivity contribution in [1.29, 1.82) is 0 Å². The molecule has 152 valence electrons. The first-order chi connectivity index (χ1) is 13.3. The van der Waals surface area contributed by atoms with Crippen molar-refractivity contribution in [2.75, 3.05) is 18.1 Å². The van der Waals surface area contributed by atoms with Crippen molar-refractivity contribution in [3.63, 3.8) is 0 Å². The van der Waals surface area contributed by atoms with Gasteiger partial charge in [0.25, 0.3) is 5.91 Å². The van der Waals surface area contributed by atoms with Gasteiger partial charge in [0.15, 0.2) is 16.4 Å². The molecule has 0 radical (unpaired) electrons. The highest BCUT2D eigenvalue weighted by atomic mass is 32.2. The van der Waals surface area contributed by atoms with Crippen LogP contribution in [0.1, 0.15) is 37.7 Å². The Bertz CT molecular complexity index is 861. The second kappa shape index (κ2) is 8.86. The Morgan fingerprint density at radius 1 is 1.18 bits per heavy atom. The first-order valence-corrected chi connectivity index (χ1v) is 11.3. The molecule has 1 atom stereocenters. The lowest BCUT2D eigenvalue weighted by Gasteiger charge is -2.33. The predicted octanol–water partition coefficient (Wildman–Crippen LogP) is 2.34. The molecular weight excluding hydrogens is 385 g/mol. The lowest BCUT2D eigenvalue weighted by molar-refractivity contribution is -0.150. The van der Waals surface area contributed by atoms with E-state index in [0.29, 0.717) is 12.0 Å². The van der Waals surface area contributed by atoms with Crippen molar-refractivity contribution in [3.8, 4) is 0 Å². The van der Waals surface area contributed by atoms with Crippen molar-refractivity contribution in [3.05, 3.63) is 41.7 Å². The van der Waals surface area contributed by atoms with Gasteiger partial charge < -0.3 is 9.64 Å². The van der Waals surface area contributed by atoms with Gasteiger partial charge in [0.05, 0.1) is 11.5 Å². The van der Waals surface area contributed by atoms with Gasteiger partial charge in [-0.2, -0.15) is 0 Å². The number of hydrogen-bond acceptors (Lipinski definition) is 5. The molecule has 28 heavy (non-hydrogen) atoms. The van der Waals surface area contributed by atoms with Gasteiger partial charge in [-0.1, -0.05) is 25.0 Å². The Kier molecular flexibility index (Phi) is 6.49. The molecule has 2 aliphatic rings. The third-order valence-corrected chi connectivity index (χ3v) is 6.96. The summed E-state index contributed by atoms with van der Waals surface area (Å²) in [6.45, 7) is -0.431. The fourth-order valence-electron chi connectivity index (χ4n) is 3.91. The number of ether oxygens (including phenoxy) is 1. The molecule has 1 aliphatic carbocycles. The van der Waals surface area contributed by atoms with E-state index in [-0.39, 0.29) is 29.5 Å². The summed E-state index contributed by atoms with van der Waals surface area (Å²) in [6.07, 6.45) is 6.67. The number of carbonyl (C=O) groups is 2. The molecule has 0 spiro atoms. The van der Waals surface area contributed by atoms with E-state index < -0.39 is 28.2 Å². The van der Waals surface area contributed by atoms with Crippen molar-refractivity contribution in [2.45, 2.75) is 44.2 Å². The number of hydrogen-bond donors (Lipinski definition) is 0. The predicted molar refractivity (Wildman–Crippen MR) is 103 cm³/mol. The van der Waals surface area contributed by atoms with Crippen molar-refractivity contribution >= 4 is 27.8 Å². The van der Waals surface area contributed by atoms with Gasteiger partial charge in [0.2, 0.25) is 0 Å². The van der Waals surface area contributed by atoms with Crippen LogP contribution >= 0.6 is 0 Å². The minimum atomic E-state index is -3.12. The van der Waals surface area contributed by atoms with Crippen LogP contribution in [0.4, 0.5) is 4.39 Å². The van der Waals surface area contributed by atoms with E-state index >= 15 is 0 Å². The first-order valence-electron chi connectivity index (χ1n) is 9.46. The molecule has 1 amide bonds. The Hall–Kier alpha value is -2.22. The van der Waals surface area contributed by atoms with Crippen LogP contribution in [0.15, 0.2) is 30.3 Å². The van der Waals surface area contributed by atoms with Crippen LogP contribution in [0.5, 0.6) is 0 Å². The highest BCUT2D eigenvalue weighted by molar-refractivity contribution is 7.91. The normalized spacial score (nSPS) is 21.8. The van der Waals surface area contributed by atoms with Gasteiger partial charge in [-0.25, -0.2) is 17.6 Å². The Morgan fingerprint density at radius 3 is 2.57 bits per heavy atom. The monoisotopic (exact) mass is 409 g/mol. The quantitative estimate of drug-likeness (QED) is 0.532.